The second-order valence-electron chi connectivity index (χ2n) is 3.89. The maximum Gasteiger partial charge on any atom is 0.198 e. The van der Waals surface area contributed by atoms with Crippen molar-refractivity contribution in [3.8, 4) is 6.07 Å². The fraction of sp³-hybridized carbons (Fsp3) is 0.0769. The topological polar surface area (TPSA) is 70.8 Å². The van der Waals surface area contributed by atoms with E-state index in [1.165, 1.54) is 24.5 Å². The predicted octanol–water partition coefficient (Wildman–Crippen LogP) is 3.54. The maximum absolute atomic E-state index is 12.5. The molecule has 1 heterocycles. The van der Waals surface area contributed by atoms with Crippen LogP contribution in [0, 0.1) is 11.3 Å². The number of nitrogens with zero attached hydrogens (tertiary/aromatic N) is 2. The van der Waals surface area contributed by atoms with Crippen LogP contribution in [0.4, 0.5) is 0 Å². The van der Waals surface area contributed by atoms with Gasteiger partial charge in [0.1, 0.15) is 0 Å². The molecule has 1 aromatic heterocycles. The summed E-state index contributed by atoms with van der Waals surface area (Å²) in [5.41, 5.74) is 0.160. The molecule has 0 saturated carbocycles. The first-order valence-electron chi connectivity index (χ1n) is 5.46. The molecule has 20 heavy (non-hydrogen) atoms. The summed E-state index contributed by atoms with van der Waals surface area (Å²) in [7, 11) is -3.85. The van der Waals surface area contributed by atoms with Crippen LogP contribution in [0.3, 0.4) is 0 Å². The summed E-state index contributed by atoms with van der Waals surface area (Å²) < 4.78 is 25.5. The van der Waals surface area contributed by atoms with Crippen molar-refractivity contribution in [2.24, 2.45) is 0 Å². The summed E-state index contributed by atoms with van der Waals surface area (Å²) >= 11 is 9.23. The molecule has 0 amide bonds. The number of benzene rings is 1. The third-order valence-corrected chi connectivity index (χ3v) is 5.81. The number of hydrogen-bond acceptors (Lipinski definition) is 4. The predicted molar refractivity (Wildman–Crippen MR) is 78.9 cm³/mol. The zero-order chi connectivity index (χ0) is 14.8. The lowest BCUT2D eigenvalue weighted by Gasteiger charge is -2.12. The molecule has 0 spiro atoms. The van der Waals surface area contributed by atoms with Gasteiger partial charge in [0.15, 0.2) is 15.1 Å². The Labute approximate surface area is 130 Å². The molecule has 102 valence electrons. The number of halogens is 2. The molecule has 0 saturated heterocycles. The Kier molecular flexibility index (Phi) is 4.43. The van der Waals surface area contributed by atoms with Crippen molar-refractivity contribution < 1.29 is 8.42 Å². The van der Waals surface area contributed by atoms with Gasteiger partial charge >= 0.3 is 0 Å². The Morgan fingerprint density at radius 3 is 2.50 bits per heavy atom. The summed E-state index contributed by atoms with van der Waals surface area (Å²) in [5, 5.41) is 8.03. The summed E-state index contributed by atoms with van der Waals surface area (Å²) in [4.78, 5) is 3.95. The van der Waals surface area contributed by atoms with Crippen LogP contribution in [0.25, 0.3) is 0 Å². The second-order valence-corrected chi connectivity index (χ2v) is 7.16. The lowest BCUT2D eigenvalue weighted by atomic mass is 10.2. The van der Waals surface area contributed by atoms with E-state index in [2.05, 4.69) is 20.9 Å². The number of nitriles is 1. The molecule has 0 unspecified atom stereocenters. The van der Waals surface area contributed by atoms with Crippen LogP contribution in [0.5, 0.6) is 0 Å². The molecular formula is C13H8BrClN2O2S. The zero-order valence-electron chi connectivity index (χ0n) is 9.99. The molecule has 0 aliphatic heterocycles. The van der Waals surface area contributed by atoms with Crippen molar-refractivity contribution in [3.05, 3.63) is 57.8 Å². The fourth-order valence-electron chi connectivity index (χ4n) is 1.67. The highest BCUT2D eigenvalue weighted by molar-refractivity contribution is 9.10. The molecule has 1 aromatic carbocycles. The quantitative estimate of drug-likeness (QED) is 0.827. The van der Waals surface area contributed by atoms with Crippen molar-refractivity contribution >= 4 is 37.4 Å². The van der Waals surface area contributed by atoms with Gasteiger partial charge < -0.3 is 0 Å². The van der Waals surface area contributed by atoms with Gasteiger partial charge in [-0.3, -0.25) is 4.98 Å². The van der Waals surface area contributed by atoms with E-state index in [1.807, 2.05) is 0 Å². The fourth-order valence-corrected chi connectivity index (χ4v) is 3.75. The first-order valence-corrected chi connectivity index (χ1v) is 8.17. The minimum atomic E-state index is -3.85. The van der Waals surface area contributed by atoms with E-state index in [0.29, 0.717) is 4.47 Å². The van der Waals surface area contributed by atoms with E-state index in [0.717, 1.165) is 0 Å². The van der Waals surface area contributed by atoms with Gasteiger partial charge in [-0.15, -0.1) is 0 Å². The number of hydrogen-bond donors (Lipinski definition) is 0. The first kappa shape index (κ1) is 15.0. The van der Waals surface area contributed by atoms with E-state index in [1.54, 1.807) is 24.3 Å². The number of rotatable bonds is 3. The van der Waals surface area contributed by atoms with Crippen molar-refractivity contribution in [1.82, 2.24) is 4.98 Å². The van der Waals surface area contributed by atoms with E-state index in [-0.39, 0.29) is 15.5 Å². The smallest absolute Gasteiger partial charge is 0.198 e. The Bertz CT molecular complexity index is 773. The molecule has 0 aliphatic rings. The summed E-state index contributed by atoms with van der Waals surface area (Å²) in [5.74, 6) is 0. The number of pyridine rings is 1. The molecule has 0 aliphatic carbocycles. The normalized spacial score (nSPS) is 12.7. The monoisotopic (exact) mass is 370 g/mol. The van der Waals surface area contributed by atoms with E-state index < -0.39 is 15.1 Å². The Hall–Kier alpha value is -1.42. The molecule has 0 N–H and O–H groups in total. The molecule has 0 radical (unpaired) electrons. The summed E-state index contributed by atoms with van der Waals surface area (Å²) in [6.45, 7) is 0. The third-order valence-electron chi connectivity index (χ3n) is 2.65. The van der Waals surface area contributed by atoms with Gasteiger partial charge in [-0.05, 0) is 28.1 Å². The highest BCUT2D eigenvalue weighted by atomic mass is 79.9. The molecule has 1 atom stereocenters. The van der Waals surface area contributed by atoms with Gasteiger partial charge in [-0.2, -0.15) is 5.26 Å². The van der Waals surface area contributed by atoms with Crippen LogP contribution in [-0.4, -0.2) is 13.4 Å². The van der Waals surface area contributed by atoms with E-state index in [9.17, 15) is 13.7 Å². The van der Waals surface area contributed by atoms with Crippen LogP contribution < -0.4 is 0 Å². The Balaban J connectivity index is 2.60. The minimum Gasteiger partial charge on any atom is -0.263 e. The molecular weight excluding hydrogens is 364 g/mol. The lowest BCUT2D eigenvalue weighted by Crippen LogP contribution is -2.13. The van der Waals surface area contributed by atoms with Crippen molar-refractivity contribution in [2.75, 3.05) is 0 Å². The number of aromatic nitrogens is 1. The average Bonchev–Trinajstić information content (AvgIpc) is 2.45. The minimum absolute atomic E-state index is 0.0718. The van der Waals surface area contributed by atoms with Crippen molar-refractivity contribution in [3.63, 3.8) is 0 Å². The second kappa shape index (κ2) is 5.92. The zero-order valence-corrected chi connectivity index (χ0v) is 13.2. The Morgan fingerprint density at radius 2 is 1.90 bits per heavy atom. The van der Waals surface area contributed by atoms with Gasteiger partial charge in [0.25, 0.3) is 0 Å². The molecule has 0 bridgehead atoms. The molecule has 2 rings (SSSR count). The van der Waals surface area contributed by atoms with Gasteiger partial charge in [-0.25, -0.2) is 8.42 Å². The van der Waals surface area contributed by atoms with E-state index in [4.69, 9.17) is 11.6 Å². The highest BCUT2D eigenvalue weighted by Gasteiger charge is 2.31. The first-order chi connectivity index (χ1) is 9.48. The average molecular weight is 372 g/mol. The van der Waals surface area contributed by atoms with E-state index >= 15 is 0 Å². The summed E-state index contributed by atoms with van der Waals surface area (Å²) in [6, 6.07) is 9.58. The van der Waals surface area contributed by atoms with Crippen LogP contribution in [0.2, 0.25) is 5.02 Å². The van der Waals surface area contributed by atoms with Gasteiger partial charge in [-0.1, -0.05) is 29.8 Å². The molecule has 4 nitrogen and oxygen atoms in total. The van der Waals surface area contributed by atoms with Crippen LogP contribution in [0.15, 0.2) is 52.1 Å². The lowest BCUT2D eigenvalue weighted by molar-refractivity contribution is 0.591. The van der Waals surface area contributed by atoms with Crippen LogP contribution >= 0.6 is 27.5 Å². The maximum atomic E-state index is 12.5. The molecule has 7 heteroatoms. The SMILES string of the molecule is N#C[C@H](c1cncc(Br)c1Cl)S(=O)(=O)c1ccccc1. The highest BCUT2D eigenvalue weighted by Crippen LogP contribution is 2.35. The van der Waals surface area contributed by atoms with Crippen LogP contribution in [-0.2, 0) is 9.84 Å². The van der Waals surface area contributed by atoms with Gasteiger partial charge in [0.05, 0.1) is 20.5 Å². The third kappa shape index (κ3) is 2.70. The Morgan fingerprint density at radius 1 is 1.25 bits per heavy atom. The number of sulfone groups is 1. The molecule has 0 fully saturated rings. The molecule has 2 aromatic rings. The van der Waals surface area contributed by atoms with Gasteiger partial charge in [0, 0.05) is 18.0 Å². The standard InChI is InChI=1S/C13H8BrClN2O2S/c14-11-8-17-7-10(13(11)15)12(6-16)20(18,19)9-4-2-1-3-5-9/h1-5,7-8,12H/t12-/m1/s1. The van der Waals surface area contributed by atoms with Crippen molar-refractivity contribution in [1.29, 1.82) is 5.26 Å². The summed E-state index contributed by atoms with van der Waals surface area (Å²) in [6.07, 6.45) is 2.73. The largest absolute Gasteiger partial charge is 0.263 e. The van der Waals surface area contributed by atoms with Crippen molar-refractivity contribution in [2.45, 2.75) is 10.1 Å². The van der Waals surface area contributed by atoms with Crippen LogP contribution in [0.1, 0.15) is 10.8 Å². The van der Waals surface area contributed by atoms with Gasteiger partial charge in [0.2, 0.25) is 0 Å².